The van der Waals surface area contributed by atoms with Crippen molar-refractivity contribution in [3.8, 4) is 0 Å². The average molecular weight is 483 g/mol. The third kappa shape index (κ3) is 5.29. The smallest absolute Gasteiger partial charge is 0.416 e. The fraction of sp³-hybridized carbons (Fsp3) is 0.143. The number of amidine groups is 1. The molecule has 1 aromatic rings. The molecule has 0 unspecified atom stereocenters. The van der Waals surface area contributed by atoms with E-state index in [0.717, 1.165) is 36.2 Å². The van der Waals surface area contributed by atoms with Gasteiger partial charge in [-0.15, -0.1) is 5.10 Å². The zero-order valence-corrected chi connectivity index (χ0v) is 15.4. The molecule has 1 N–H and O–H groups in total. The number of methoxy groups -OCH3 is 1. The number of hydrogen-bond acceptors (Lipinski definition) is 6. The summed E-state index contributed by atoms with van der Waals surface area (Å²) in [5.41, 5.74) is -0.562. The van der Waals surface area contributed by atoms with Crippen LogP contribution in [0.1, 0.15) is 11.1 Å². The minimum Gasteiger partial charge on any atom is -0.466 e. The fourth-order valence-electron chi connectivity index (χ4n) is 1.60. The van der Waals surface area contributed by atoms with Gasteiger partial charge in [-0.3, -0.25) is 10.1 Å². The van der Waals surface area contributed by atoms with Gasteiger partial charge >= 0.3 is 12.1 Å². The van der Waals surface area contributed by atoms with E-state index >= 15 is 0 Å². The van der Waals surface area contributed by atoms with E-state index in [0.29, 0.717) is 3.57 Å². The summed E-state index contributed by atoms with van der Waals surface area (Å²) in [4.78, 5) is 22.8. The number of alkyl halides is 3. The van der Waals surface area contributed by atoms with Crippen LogP contribution in [0.25, 0.3) is 0 Å². The Balaban J connectivity index is 2.16. The number of ether oxygens (including phenoxy) is 1. The molecule has 0 atom stereocenters. The van der Waals surface area contributed by atoms with Crippen LogP contribution in [-0.2, 0) is 20.5 Å². The summed E-state index contributed by atoms with van der Waals surface area (Å²) in [6.45, 7) is 0. The molecule has 1 fully saturated rings. The van der Waals surface area contributed by atoms with Crippen LogP contribution in [-0.4, -0.2) is 30.4 Å². The van der Waals surface area contributed by atoms with Gasteiger partial charge in [-0.25, -0.2) is 4.79 Å². The predicted molar refractivity (Wildman–Crippen MR) is 95.0 cm³/mol. The quantitative estimate of drug-likeness (QED) is 0.236. The third-order valence-corrected chi connectivity index (χ3v) is 4.65. The Morgan fingerprint density at radius 3 is 2.76 bits per heavy atom. The van der Waals surface area contributed by atoms with Gasteiger partial charge in [0.25, 0.3) is 5.91 Å². The number of hydrogen-bond donors (Lipinski definition) is 1. The van der Waals surface area contributed by atoms with E-state index < -0.39 is 23.6 Å². The lowest BCUT2D eigenvalue weighted by Gasteiger charge is -2.07. The van der Waals surface area contributed by atoms with Crippen LogP contribution in [0.2, 0.25) is 0 Å². The van der Waals surface area contributed by atoms with Crippen LogP contribution in [0.3, 0.4) is 0 Å². The summed E-state index contributed by atoms with van der Waals surface area (Å²) in [5, 5.41) is 9.88. The first-order chi connectivity index (χ1) is 11.7. The molecule has 1 saturated heterocycles. The van der Waals surface area contributed by atoms with Crippen molar-refractivity contribution >= 4 is 57.6 Å². The van der Waals surface area contributed by atoms with Gasteiger partial charge in [0.2, 0.25) is 0 Å². The number of nitrogens with zero attached hydrogens (tertiary/aromatic N) is 2. The van der Waals surface area contributed by atoms with Gasteiger partial charge in [-0.05, 0) is 52.6 Å². The Bertz CT molecular complexity index is 806. The molecule has 0 saturated carbocycles. The van der Waals surface area contributed by atoms with Gasteiger partial charge in [0.15, 0.2) is 5.17 Å². The molecule has 11 heteroatoms. The molecular formula is C14H9F3IN3O3S. The Morgan fingerprint density at radius 1 is 1.40 bits per heavy atom. The summed E-state index contributed by atoms with van der Waals surface area (Å²) < 4.78 is 43.1. The molecule has 132 valence electrons. The van der Waals surface area contributed by atoms with E-state index in [1.165, 1.54) is 13.2 Å². The summed E-state index contributed by atoms with van der Waals surface area (Å²) in [7, 11) is 1.17. The number of halogens is 4. The molecule has 0 aliphatic carbocycles. The van der Waals surface area contributed by atoms with Gasteiger partial charge in [0.1, 0.15) is 0 Å². The summed E-state index contributed by atoms with van der Waals surface area (Å²) in [6.07, 6.45) is -2.30. The van der Waals surface area contributed by atoms with Crippen LogP contribution in [0.4, 0.5) is 13.2 Å². The van der Waals surface area contributed by atoms with Crippen molar-refractivity contribution < 1.29 is 27.5 Å². The monoisotopic (exact) mass is 483 g/mol. The lowest BCUT2D eigenvalue weighted by molar-refractivity contribution is -0.137. The SMILES string of the molecule is COC(=O)/C=C1/S/C(=N\N=Cc2cc(C(F)(F)F)ccc2I)NC1=O. The van der Waals surface area contributed by atoms with Gasteiger partial charge in [0.05, 0.1) is 23.8 Å². The lowest BCUT2D eigenvalue weighted by Crippen LogP contribution is -2.19. The van der Waals surface area contributed by atoms with Crippen molar-refractivity contribution in [3.05, 3.63) is 43.9 Å². The van der Waals surface area contributed by atoms with Crippen molar-refractivity contribution in [2.45, 2.75) is 6.18 Å². The zero-order chi connectivity index (χ0) is 18.6. The summed E-state index contributed by atoms with van der Waals surface area (Å²) >= 11 is 2.74. The average Bonchev–Trinajstić information content (AvgIpc) is 2.87. The molecule has 25 heavy (non-hydrogen) atoms. The molecule has 0 aromatic heterocycles. The van der Waals surface area contributed by atoms with Crippen LogP contribution < -0.4 is 5.32 Å². The number of thioether (sulfide) groups is 1. The highest BCUT2D eigenvalue weighted by atomic mass is 127. The van der Waals surface area contributed by atoms with Crippen molar-refractivity contribution in [2.24, 2.45) is 10.2 Å². The van der Waals surface area contributed by atoms with E-state index in [2.05, 4.69) is 20.3 Å². The summed E-state index contributed by atoms with van der Waals surface area (Å²) in [5.74, 6) is -1.24. The van der Waals surface area contributed by atoms with Crippen molar-refractivity contribution in [3.63, 3.8) is 0 Å². The maximum Gasteiger partial charge on any atom is 0.416 e. The van der Waals surface area contributed by atoms with E-state index in [9.17, 15) is 22.8 Å². The number of rotatable bonds is 3. The first-order valence-electron chi connectivity index (χ1n) is 6.47. The molecule has 1 aliphatic heterocycles. The van der Waals surface area contributed by atoms with E-state index in [4.69, 9.17) is 0 Å². The molecule has 0 spiro atoms. The number of amides is 1. The molecule has 1 aromatic carbocycles. The minimum absolute atomic E-state index is 0.0782. The first-order valence-corrected chi connectivity index (χ1v) is 8.37. The Labute approximate surface area is 157 Å². The molecule has 1 amide bonds. The standard InChI is InChI=1S/C14H9F3IN3O3S/c1-24-11(22)5-10-12(23)20-13(25-10)21-19-6-7-4-8(14(15,16)17)2-3-9(7)18/h2-6H,1H3,(H,20,21,23)/b10-5+,19-6?. The topological polar surface area (TPSA) is 80.1 Å². The Kier molecular flexibility index (Phi) is 6.21. The van der Waals surface area contributed by atoms with Crippen molar-refractivity contribution in [1.82, 2.24) is 5.32 Å². The predicted octanol–water partition coefficient (Wildman–Crippen LogP) is 2.92. The number of carbonyl (C=O) groups is 2. The Hall–Kier alpha value is -1.89. The lowest BCUT2D eigenvalue weighted by atomic mass is 10.1. The molecule has 1 aliphatic rings. The fourth-order valence-corrected chi connectivity index (χ4v) is 2.82. The van der Waals surface area contributed by atoms with E-state index in [-0.39, 0.29) is 15.6 Å². The van der Waals surface area contributed by atoms with Crippen LogP contribution in [0.15, 0.2) is 39.4 Å². The van der Waals surface area contributed by atoms with Crippen molar-refractivity contribution in [2.75, 3.05) is 7.11 Å². The largest absolute Gasteiger partial charge is 0.466 e. The maximum atomic E-state index is 12.7. The zero-order valence-electron chi connectivity index (χ0n) is 12.4. The maximum absolute atomic E-state index is 12.7. The van der Waals surface area contributed by atoms with Crippen molar-refractivity contribution in [1.29, 1.82) is 0 Å². The second-order valence-electron chi connectivity index (χ2n) is 4.47. The minimum atomic E-state index is -4.46. The van der Waals surface area contributed by atoms with Crippen LogP contribution in [0, 0.1) is 3.57 Å². The molecular weight excluding hydrogens is 474 g/mol. The van der Waals surface area contributed by atoms with Gasteiger partial charge < -0.3 is 4.74 Å². The van der Waals surface area contributed by atoms with Gasteiger partial charge in [-0.2, -0.15) is 18.3 Å². The van der Waals surface area contributed by atoms with Gasteiger partial charge in [-0.1, -0.05) is 0 Å². The number of carbonyl (C=O) groups excluding carboxylic acids is 2. The number of nitrogens with one attached hydrogen (secondary N) is 1. The van der Waals surface area contributed by atoms with E-state index in [1.54, 1.807) is 0 Å². The highest BCUT2D eigenvalue weighted by Crippen LogP contribution is 2.30. The normalized spacial score (nSPS) is 18.2. The van der Waals surface area contributed by atoms with Gasteiger partial charge in [0, 0.05) is 15.2 Å². The molecule has 2 rings (SSSR count). The first kappa shape index (κ1) is 19.4. The highest BCUT2D eigenvalue weighted by Gasteiger charge is 2.30. The molecule has 0 radical (unpaired) electrons. The van der Waals surface area contributed by atoms with E-state index in [1.807, 2.05) is 22.6 Å². The van der Waals surface area contributed by atoms with Crippen LogP contribution >= 0.6 is 34.4 Å². The molecule has 1 heterocycles. The second kappa shape index (κ2) is 7.99. The molecule has 6 nitrogen and oxygen atoms in total. The third-order valence-electron chi connectivity index (χ3n) is 2.77. The highest BCUT2D eigenvalue weighted by molar-refractivity contribution is 14.1. The Morgan fingerprint density at radius 2 is 2.12 bits per heavy atom. The molecule has 0 bridgehead atoms. The van der Waals surface area contributed by atoms with Crippen LogP contribution in [0.5, 0.6) is 0 Å². The second-order valence-corrected chi connectivity index (χ2v) is 6.66. The summed E-state index contributed by atoms with van der Waals surface area (Å²) in [6, 6.07) is 3.25. The number of esters is 1. The number of benzene rings is 1.